The van der Waals surface area contributed by atoms with Crippen molar-refractivity contribution in [3.8, 4) is 0 Å². The standard InChI is InChI=1S/C20H25NO/c1-4-17(3)21(15-19-8-6-5-7-9-19)20(22)14-18-12-10-16(2)11-13-18/h5-13,17H,4,14-15H2,1-3H3. The number of carbonyl (C=O) groups is 1. The highest BCUT2D eigenvalue weighted by Gasteiger charge is 2.19. The summed E-state index contributed by atoms with van der Waals surface area (Å²) in [5.41, 5.74) is 3.48. The lowest BCUT2D eigenvalue weighted by Crippen LogP contribution is -2.38. The van der Waals surface area contributed by atoms with Gasteiger partial charge >= 0.3 is 0 Å². The number of carbonyl (C=O) groups excluding carboxylic acids is 1. The molecule has 0 fully saturated rings. The van der Waals surface area contributed by atoms with Gasteiger partial charge in [0, 0.05) is 12.6 Å². The van der Waals surface area contributed by atoms with Gasteiger partial charge < -0.3 is 4.90 Å². The third kappa shape index (κ3) is 4.45. The number of hydrogen-bond acceptors (Lipinski definition) is 1. The second kappa shape index (κ2) is 7.79. The molecule has 2 nitrogen and oxygen atoms in total. The van der Waals surface area contributed by atoms with Crippen LogP contribution in [0.3, 0.4) is 0 Å². The van der Waals surface area contributed by atoms with E-state index in [1.54, 1.807) is 0 Å². The Morgan fingerprint density at radius 1 is 1.00 bits per heavy atom. The Kier molecular flexibility index (Phi) is 5.76. The van der Waals surface area contributed by atoms with Crippen LogP contribution in [0.25, 0.3) is 0 Å². The minimum atomic E-state index is 0.196. The van der Waals surface area contributed by atoms with Crippen molar-refractivity contribution in [2.24, 2.45) is 0 Å². The van der Waals surface area contributed by atoms with E-state index in [0.717, 1.165) is 12.0 Å². The zero-order valence-electron chi connectivity index (χ0n) is 13.8. The van der Waals surface area contributed by atoms with Gasteiger partial charge in [-0.15, -0.1) is 0 Å². The third-order valence-electron chi connectivity index (χ3n) is 4.11. The average Bonchev–Trinajstić information content (AvgIpc) is 2.55. The Balaban J connectivity index is 2.10. The molecule has 22 heavy (non-hydrogen) atoms. The van der Waals surface area contributed by atoms with E-state index in [1.807, 2.05) is 35.2 Å². The lowest BCUT2D eigenvalue weighted by atomic mass is 10.1. The number of rotatable bonds is 6. The van der Waals surface area contributed by atoms with Crippen molar-refractivity contribution in [1.29, 1.82) is 0 Å². The van der Waals surface area contributed by atoms with Crippen molar-refractivity contribution in [2.75, 3.05) is 0 Å². The van der Waals surface area contributed by atoms with Gasteiger partial charge in [0.05, 0.1) is 6.42 Å². The lowest BCUT2D eigenvalue weighted by molar-refractivity contribution is -0.133. The first-order chi connectivity index (χ1) is 10.6. The highest BCUT2D eigenvalue weighted by atomic mass is 16.2. The summed E-state index contributed by atoms with van der Waals surface area (Å²) >= 11 is 0. The maximum Gasteiger partial charge on any atom is 0.227 e. The van der Waals surface area contributed by atoms with E-state index in [-0.39, 0.29) is 11.9 Å². The molecule has 0 bridgehead atoms. The molecule has 0 aliphatic carbocycles. The monoisotopic (exact) mass is 295 g/mol. The Labute approximate surface area is 133 Å². The summed E-state index contributed by atoms with van der Waals surface area (Å²) in [6.45, 7) is 6.99. The van der Waals surface area contributed by atoms with Crippen molar-refractivity contribution < 1.29 is 4.79 Å². The lowest BCUT2D eigenvalue weighted by Gasteiger charge is -2.29. The van der Waals surface area contributed by atoms with Crippen molar-refractivity contribution >= 4 is 5.91 Å². The first kappa shape index (κ1) is 16.3. The summed E-state index contributed by atoms with van der Waals surface area (Å²) in [5, 5.41) is 0. The van der Waals surface area contributed by atoms with Gasteiger partial charge in [0.15, 0.2) is 0 Å². The third-order valence-corrected chi connectivity index (χ3v) is 4.11. The number of amides is 1. The van der Waals surface area contributed by atoms with Gasteiger partial charge in [-0.1, -0.05) is 67.1 Å². The second-order valence-corrected chi connectivity index (χ2v) is 5.93. The molecular formula is C20H25NO. The highest BCUT2D eigenvalue weighted by molar-refractivity contribution is 5.79. The molecule has 2 aromatic rings. The molecule has 0 radical (unpaired) electrons. The zero-order chi connectivity index (χ0) is 15.9. The van der Waals surface area contributed by atoms with Crippen LogP contribution in [-0.2, 0) is 17.8 Å². The molecule has 1 amide bonds. The fourth-order valence-electron chi connectivity index (χ4n) is 2.47. The molecule has 0 spiro atoms. The van der Waals surface area contributed by atoms with Crippen LogP contribution in [0.2, 0.25) is 0 Å². The van der Waals surface area contributed by atoms with E-state index in [2.05, 4.69) is 45.0 Å². The molecule has 0 aliphatic heterocycles. The van der Waals surface area contributed by atoms with Crippen LogP contribution in [0.15, 0.2) is 54.6 Å². The smallest absolute Gasteiger partial charge is 0.227 e. The van der Waals surface area contributed by atoms with Crippen molar-refractivity contribution in [1.82, 2.24) is 4.90 Å². The Morgan fingerprint density at radius 2 is 1.64 bits per heavy atom. The number of benzene rings is 2. The van der Waals surface area contributed by atoms with Gasteiger partial charge in [0.2, 0.25) is 5.91 Å². The van der Waals surface area contributed by atoms with Crippen LogP contribution in [-0.4, -0.2) is 16.8 Å². The number of hydrogen-bond donors (Lipinski definition) is 0. The van der Waals surface area contributed by atoms with Crippen LogP contribution in [0.5, 0.6) is 0 Å². The predicted molar refractivity (Wildman–Crippen MR) is 91.6 cm³/mol. The highest BCUT2D eigenvalue weighted by Crippen LogP contribution is 2.14. The minimum Gasteiger partial charge on any atom is -0.335 e. The van der Waals surface area contributed by atoms with Gasteiger partial charge in [0.25, 0.3) is 0 Å². The van der Waals surface area contributed by atoms with Crippen LogP contribution >= 0.6 is 0 Å². The van der Waals surface area contributed by atoms with E-state index in [9.17, 15) is 4.79 Å². The summed E-state index contributed by atoms with van der Waals surface area (Å²) in [7, 11) is 0. The maximum atomic E-state index is 12.7. The van der Waals surface area contributed by atoms with Crippen LogP contribution in [0.1, 0.15) is 37.0 Å². The summed E-state index contributed by atoms with van der Waals surface area (Å²) in [6.07, 6.45) is 1.43. The van der Waals surface area contributed by atoms with Gasteiger partial charge in [0.1, 0.15) is 0 Å². The van der Waals surface area contributed by atoms with Crippen molar-refractivity contribution in [3.05, 3.63) is 71.3 Å². The van der Waals surface area contributed by atoms with E-state index in [0.29, 0.717) is 13.0 Å². The molecule has 0 heterocycles. The second-order valence-electron chi connectivity index (χ2n) is 5.93. The van der Waals surface area contributed by atoms with Gasteiger partial charge in [-0.05, 0) is 31.4 Å². The van der Waals surface area contributed by atoms with Crippen LogP contribution in [0, 0.1) is 6.92 Å². The maximum absolute atomic E-state index is 12.7. The van der Waals surface area contributed by atoms with E-state index in [4.69, 9.17) is 0 Å². The molecule has 2 aromatic carbocycles. The summed E-state index contributed by atoms with van der Waals surface area (Å²) in [5.74, 6) is 0.196. The zero-order valence-corrected chi connectivity index (χ0v) is 13.8. The number of aryl methyl sites for hydroxylation is 1. The quantitative estimate of drug-likeness (QED) is 0.775. The van der Waals surface area contributed by atoms with Crippen LogP contribution < -0.4 is 0 Å². The molecule has 2 heteroatoms. The fraction of sp³-hybridized carbons (Fsp3) is 0.350. The van der Waals surface area contributed by atoms with E-state index in [1.165, 1.54) is 11.1 Å². The molecule has 1 unspecified atom stereocenters. The summed E-state index contributed by atoms with van der Waals surface area (Å²) in [6, 6.07) is 18.7. The fourth-order valence-corrected chi connectivity index (χ4v) is 2.47. The molecular weight excluding hydrogens is 270 g/mol. The molecule has 1 atom stereocenters. The topological polar surface area (TPSA) is 20.3 Å². The largest absolute Gasteiger partial charge is 0.335 e. The Morgan fingerprint density at radius 3 is 2.23 bits per heavy atom. The Bertz CT molecular complexity index is 589. The predicted octanol–water partition coefficient (Wildman–Crippen LogP) is 4.36. The van der Waals surface area contributed by atoms with Crippen LogP contribution in [0.4, 0.5) is 0 Å². The van der Waals surface area contributed by atoms with Crippen molar-refractivity contribution in [2.45, 2.75) is 46.2 Å². The SMILES string of the molecule is CCC(C)N(Cc1ccccc1)C(=O)Cc1ccc(C)cc1. The molecule has 0 aliphatic rings. The average molecular weight is 295 g/mol. The molecule has 2 rings (SSSR count). The van der Waals surface area contributed by atoms with E-state index >= 15 is 0 Å². The molecule has 0 aromatic heterocycles. The first-order valence-electron chi connectivity index (χ1n) is 7.99. The number of nitrogens with zero attached hydrogens (tertiary/aromatic N) is 1. The van der Waals surface area contributed by atoms with Crippen molar-refractivity contribution in [3.63, 3.8) is 0 Å². The Hall–Kier alpha value is -2.09. The molecule has 0 saturated heterocycles. The normalized spacial score (nSPS) is 12.0. The molecule has 0 N–H and O–H groups in total. The molecule has 116 valence electrons. The van der Waals surface area contributed by atoms with Gasteiger partial charge in [-0.3, -0.25) is 4.79 Å². The van der Waals surface area contributed by atoms with Gasteiger partial charge in [-0.2, -0.15) is 0 Å². The molecule has 0 saturated carbocycles. The summed E-state index contributed by atoms with van der Waals surface area (Å²) in [4.78, 5) is 14.7. The van der Waals surface area contributed by atoms with E-state index < -0.39 is 0 Å². The minimum absolute atomic E-state index is 0.196. The van der Waals surface area contributed by atoms with Gasteiger partial charge in [-0.25, -0.2) is 0 Å². The summed E-state index contributed by atoms with van der Waals surface area (Å²) < 4.78 is 0. The first-order valence-corrected chi connectivity index (χ1v) is 7.99.